The molecule has 1 aromatic carbocycles. The summed E-state index contributed by atoms with van der Waals surface area (Å²) in [4.78, 5) is 15.3. The smallest absolute Gasteiger partial charge is 0.410 e. The molecule has 0 bridgehead atoms. The van der Waals surface area contributed by atoms with Crippen LogP contribution >= 0.6 is 0 Å². The second-order valence-electron chi connectivity index (χ2n) is 7.28. The van der Waals surface area contributed by atoms with Gasteiger partial charge in [-0.3, -0.25) is 4.18 Å². The largest absolute Gasteiger partial charge is 0.444 e. The van der Waals surface area contributed by atoms with Gasteiger partial charge in [0.05, 0.1) is 24.1 Å². The molecule has 1 aromatic rings. The quantitative estimate of drug-likeness (QED) is 0.715. The number of benzene rings is 1. The van der Waals surface area contributed by atoms with E-state index in [9.17, 15) is 22.0 Å². The van der Waals surface area contributed by atoms with Crippen molar-refractivity contribution in [2.24, 2.45) is 0 Å². The zero-order valence-corrected chi connectivity index (χ0v) is 16.6. The normalized spacial score (nSPS) is 15.8. The average Bonchev–Trinajstić information content (AvgIpc) is 2.52. The molecule has 27 heavy (non-hydrogen) atoms. The van der Waals surface area contributed by atoms with Crippen LogP contribution in [0.2, 0.25) is 0 Å². The van der Waals surface area contributed by atoms with Crippen LogP contribution in [0.5, 0.6) is 0 Å². The van der Waals surface area contributed by atoms with Crippen molar-refractivity contribution in [1.29, 1.82) is 0 Å². The highest BCUT2D eigenvalue weighted by Gasteiger charge is 2.28. The van der Waals surface area contributed by atoms with E-state index in [0.717, 1.165) is 12.3 Å². The van der Waals surface area contributed by atoms with Gasteiger partial charge in [0.25, 0.3) is 10.1 Å². The summed E-state index contributed by atoms with van der Waals surface area (Å²) in [5.41, 5.74) is -0.925. The monoisotopic (exact) mass is 406 g/mol. The van der Waals surface area contributed by atoms with Crippen molar-refractivity contribution in [1.82, 2.24) is 4.90 Å². The molecule has 10 heteroatoms. The maximum atomic E-state index is 14.7. The Bertz CT molecular complexity index is 800. The number of ether oxygens (including phenoxy) is 1. The highest BCUT2D eigenvalue weighted by atomic mass is 32.2. The summed E-state index contributed by atoms with van der Waals surface area (Å²) in [6.45, 7) is 5.89. The van der Waals surface area contributed by atoms with E-state index in [4.69, 9.17) is 4.74 Å². The highest BCUT2D eigenvalue weighted by molar-refractivity contribution is 7.85. The Morgan fingerprint density at radius 2 is 1.74 bits per heavy atom. The van der Waals surface area contributed by atoms with Crippen molar-refractivity contribution in [2.45, 2.75) is 33.0 Å². The molecule has 1 heterocycles. The van der Waals surface area contributed by atoms with E-state index in [-0.39, 0.29) is 5.69 Å². The summed E-state index contributed by atoms with van der Waals surface area (Å²) >= 11 is 0. The fraction of sp³-hybridized carbons (Fsp3) is 0.588. The third-order valence-electron chi connectivity index (χ3n) is 3.86. The summed E-state index contributed by atoms with van der Waals surface area (Å²) < 4.78 is 60.6. The van der Waals surface area contributed by atoms with Gasteiger partial charge in [-0.25, -0.2) is 13.6 Å². The molecule has 0 radical (unpaired) electrons. The van der Waals surface area contributed by atoms with Gasteiger partial charge >= 0.3 is 6.09 Å². The van der Waals surface area contributed by atoms with E-state index >= 15 is 0 Å². The van der Waals surface area contributed by atoms with Crippen molar-refractivity contribution < 1.29 is 30.9 Å². The van der Waals surface area contributed by atoms with Gasteiger partial charge in [-0.15, -0.1) is 0 Å². The molecule has 1 aliphatic rings. The molecule has 1 saturated heterocycles. The van der Waals surface area contributed by atoms with Crippen LogP contribution in [0.25, 0.3) is 0 Å². The topological polar surface area (TPSA) is 76.2 Å². The number of amides is 1. The molecule has 7 nitrogen and oxygen atoms in total. The van der Waals surface area contributed by atoms with Gasteiger partial charge in [0.1, 0.15) is 11.4 Å². The fourth-order valence-electron chi connectivity index (χ4n) is 2.58. The summed E-state index contributed by atoms with van der Waals surface area (Å²) in [5, 5.41) is 0. The summed E-state index contributed by atoms with van der Waals surface area (Å²) in [6.07, 6.45) is 0.367. The van der Waals surface area contributed by atoms with E-state index < -0.39 is 45.6 Å². The lowest BCUT2D eigenvalue weighted by molar-refractivity contribution is 0.0240. The molecule has 1 fully saturated rings. The first kappa shape index (κ1) is 21.4. The Kier molecular flexibility index (Phi) is 6.31. The minimum atomic E-state index is -3.83. The summed E-state index contributed by atoms with van der Waals surface area (Å²) in [5.74, 6) is -1.75. The molecule has 0 aliphatic carbocycles. The molecule has 0 atom stereocenters. The van der Waals surface area contributed by atoms with Gasteiger partial charge in [-0.2, -0.15) is 8.42 Å². The van der Waals surface area contributed by atoms with Gasteiger partial charge in [-0.05, 0) is 32.9 Å². The number of anilines is 1. The number of halogens is 2. The Labute approximate surface area is 158 Å². The van der Waals surface area contributed by atoms with E-state index in [0.29, 0.717) is 26.2 Å². The van der Waals surface area contributed by atoms with Crippen LogP contribution in [0, 0.1) is 11.6 Å². The minimum absolute atomic E-state index is 0.132. The van der Waals surface area contributed by atoms with Crippen LogP contribution in [-0.4, -0.2) is 57.4 Å². The van der Waals surface area contributed by atoms with Crippen LogP contribution in [0.15, 0.2) is 12.1 Å². The Balaban J connectivity index is 2.09. The molecule has 2 rings (SSSR count). The summed E-state index contributed by atoms with van der Waals surface area (Å²) in [7, 11) is -3.83. The number of nitrogens with zero attached hydrogens (tertiary/aromatic N) is 2. The third-order valence-corrected chi connectivity index (χ3v) is 4.40. The third kappa shape index (κ3) is 6.03. The van der Waals surface area contributed by atoms with Crippen LogP contribution in [-0.2, 0) is 25.6 Å². The number of carbonyl (C=O) groups is 1. The average molecular weight is 406 g/mol. The molecule has 152 valence electrons. The van der Waals surface area contributed by atoms with Crippen molar-refractivity contribution in [3.8, 4) is 0 Å². The first-order chi connectivity index (χ1) is 12.4. The van der Waals surface area contributed by atoms with Crippen LogP contribution in [0.4, 0.5) is 19.3 Å². The van der Waals surface area contributed by atoms with Gasteiger partial charge < -0.3 is 14.5 Å². The molecular weight excluding hydrogens is 382 g/mol. The zero-order valence-electron chi connectivity index (χ0n) is 15.8. The van der Waals surface area contributed by atoms with Gasteiger partial charge in [0, 0.05) is 26.2 Å². The van der Waals surface area contributed by atoms with E-state index in [1.54, 1.807) is 25.7 Å². The lowest BCUT2D eigenvalue weighted by Crippen LogP contribution is -2.50. The number of piperazine rings is 1. The molecule has 0 N–H and O–H groups in total. The molecular formula is C17H24F2N2O5S. The summed E-state index contributed by atoms with van der Waals surface area (Å²) in [6, 6.07) is 2.36. The second kappa shape index (κ2) is 7.97. The molecule has 0 spiro atoms. The van der Waals surface area contributed by atoms with Gasteiger partial charge in [-0.1, -0.05) is 0 Å². The Hall–Kier alpha value is -1.94. The molecule has 0 saturated carbocycles. The standard InChI is InChI=1S/C17H24F2N2O5S/c1-17(2,3)26-16(22)21-9-7-20(8-10-21)14-6-5-13(18)12(15(14)19)11-25-27(4,23)24/h5-6H,7-11H2,1-4H3. The Morgan fingerprint density at radius 1 is 1.15 bits per heavy atom. The maximum Gasteiger partial charge on any atom is 0.410 e. The lowest BCUT2D eigenvalue weighted by atomic mass is 10.1. The molecule has 1 aliphatic heterocycles. The zero-order chi connectivity index (χ0) is 20.4. The highest BCUT2D eigenvalue weighted by Crippen LogP contribution is 2.27. The van der Waals surface area contributed by atoms with Crippen LogP contribution < -0.4 is 4.90 Å². The van der Waals surface area contributed by atoms with Crippen molar-refractivity contribution in [3.63, 3.8) is 0 Å². The van der Waals surface area contributed by atoms with Gasteiger partial charge in [0.2, 0.25) is 0 Å². The molecule has 1 amide bonds. The maximum absolute atomic E-state index is 14.7. The lowest BCUT2D eigenvalue weighted by Gasteiger charge is -2.37. The predicted octanol–water partition coefficient (Wildman–Crippen LogP) is 2.50. The number of rotatable bonds is 4. The Morgan fingerprint density at radius 3 is 2.26 bits per heavy atom. The SMILES string of the molecule is CC(C)(C)OC(=O)N1CCN(c2ccc(F)c(COS(C)(=O)=O)c2F)CC1. The minimum Gasteiger partial charge on any atom is -0.444 e. The number of hydrogen-bond donors (Lipinski definition) is 0. The number of carbonyl (C=O) groups excluding carboxylic acids is 1. The first-order valence-corrected chi connectivity index (χ1v) is 10.2. The van der Waals surface area contributed by atoms with Crippen molar-refractivity contribution in [2.75, 3.05) is 37.3 Å². The molecule has 0 unspecified atom stereocenters. The van der Waals surface area contributed by atoms with Crippen LogP contribution in [0.3, 0.4) is 0 Å². The fourth-order valence-corrected chi connectivity index (χ4v) is 2.92. The van der Waals surface area contributed by atoms with E-state index in [2.05, 4.69) is 4.18 Å². The van der Waals surface area contributed by atoms with E-state index in [1.807, 2.05) is 0 Å². The first-order valence-electron chi connectivity index (χ1n) is 8.41. The number of hydrogen-bond acceptors (Lipinski definition) is 6. The second-order valence-corrected chi connectivity index (χ2v) is 8.92. The van der Waals surface area contributed by atoms with Crippen molar-refractivity contribution in [3.05, 3.63) is 29.3 Å². The van der Waals surface area contributed by atoms with Crippen LogP contribution in [0.1, 0.15) is 26.3 Å². The van der Waals surface area contributed by atoms with Gasteiger partial charge in [0.15, 0.2) is 5.82 Å². The van der Waals surface area contributed by atoms with Crippen molar-refractivity contribution >= 4 is 21.9 Å². The predicted molar refractivity (Wildman–Crippen MR) is 96.0 cm³/mol. The van der Waals surface area contributed by atoms with E-state index in [1.165, 1.54) is 11.0 Å². The molecule has 0 aromatic heterocycles.